The zero-order valence-corrected chi connectivity index (χ0v) is 13.3. The van der Waals surface area contributed by atoms with E-state index in [1.807, 2.05) is 11.4 Å². The van der Waals surface area contributed by atoms with Gasteiger partial charge in [0.25, 0.3) is 5.91 Å². The largest absolute Gasteiger partial charge is 0.327 e. The molecule has 0 bridgehead atoms. The van der Waals surface area contributed by atoms with Crippen molar-refractivity contribution in [3.8, 4) is 0 Å². The lowest BCUT2D eigenvalue weighted by Gasteiger charge is -2.15. The van der Waals surface area contributed by atoms with E-state index in [9.17, 15) is 9.59 Å². The molecule has 4 N–H and O–H groups in total. The maximum absolute atomic E-state index is 11.9. The van der Waals surface area contributed by atoms with Gasteiger partial charge in [0.05, 0.1) is 10.8 Å². The fourth-order valence-corrected chi connectivity index (χ4v) is 2.35. The normalized spacial score (nSPS) is 13.2. The monoisotopic (exact) mass is 317 g/mol. The summed E-state index contributed by atoms with van der Waals surface area (Å²) in [6.07, 6.45) is 0. The van der Waals surface area contributed by atoms with Gasteiger partial charge in [-0.15, -0.1) is 11.3 Å². The molecule has 0 saturated carbocycles. The summed E-state index contributed by atoms with van der Waals surface area (Å²) < 4.78 is 0. The van der Waals surface area contributed by atoms with Crippen LogP contribution in [-0.2, 0) is 4.79 Å². The lowest BCUT2D eigenvalue weighted by molar-refractivity contribution is -0.119. The van der Waals surface area contributed by atoms with Gasteiger partial charge in [0, 0.05) is 17.4 Å². The number of hydrogen-bond donors (Lipinski definition) is 3. The van der Waals surface area contributed by atoms with Gasteiger partial charge in [0.15, 0.2) is 0 Å². The molecule has 1 aromatic carbocycles. The van der Waals surface area contributed by atoms with Crippen molar-refractivity contribution in [1.29, 1.82) is 0 Å². The van der Waals surface area contributed by atoms with Gasteiger partial charge in [0.2, 0.25) is 5.91 Å². The molecule has 2 amide bonds. The highest BCUT2D eigenvalue weighted by atomic mass is 32.1. The predicted molar refractivity (Wildman–Crippen MR) is 90.2 cm³/mol. The zero-order valence-electron chi connectivity index (χ0n) is 12.5. The first kappa shape index (κ1) is 16.2. The van der Waals surface area contributed by atoms with Crippen molar-refractivity contribution in [3.63, 3.8) is 0 Å². The van der Waals surface area contributed by atoms with Crippen LogP contribution in [0.1, 0.15) is 23.5 Å². The second kappa shape index (κ2) is 7.20. The minimum absolute atomic E-state index is 0.120. The lowest BCUT2D eigenvalue weighted by atomic mass is 10.0. The molecule has 0 spiro atoms. The van der Waals surface area contributed by atoms with E-state index in [0.29, 0.717) is 16.3 Å². The van der Waals surface area contributed by atoms with Crippen LogP contribution in [0, 0.1) is 5.92 Å². The van der Waals surface area contributed by atoms with E-state index in [4.69, 9.17) is 5.73 Å². The van der Waals surface area contributed by atoms with Crippen LogP contribution in [0.3, 0.4) is 0 Å². The smallest absolute Gasteiger partial charge is 0.265 e. The third-order valence-electron chi connectivity index (χ3n) is 3.36. The molecule has 2 atom stereocenters. The first-order chi connectivity index (χ1) is 10.5. The molecule has 22 heavy (non-hydrogen) atoms. The number of carbonyl (C=O) groups is 2. The Hall–Kier alpha value is -2.18. The van der Waals surface area contributed by atoms with Crippen molar-refractivity contribution >= 4 is 34.5 Å². The van der Waals surface area contributed by atoms with Gasteiger partial charge in [-0.05, 0) is 42.6 Å². The molecule has 0 fully saturated rings. The Morgan fingerprint density at radius 3 is 2.14 bits per heavy atom. The Morgan fingerprint density at radius 1 is 1.05 bits per heavy atom. The van der Waals surface area contributed by atoms with Gasteiger partial charge in [0.1, 0.15) is 0 Å². The molecule has 6 heteroatoms. The molecule has 0 aliphatic carbocycles. The van der Waals surface area contributed by atoms with Crippen molar-refractivity contribution in [1.82, 2.24) is 0 Å². The molecule has 2 unspecified atom stereocenters. The van der Waals surface area contributed by atoms with E-state index in [1.165, 1.54) is 11.3 Å². The van der Waals surface area contributed by atoms with Gasteiger partial charge in [-0.25, -0.2) is 0 Å². The van der Waals surface area contributed by atoms with Crippen molar-refractivity contribution in [2.75, 3.05) is 10.6 Å². The zero-order chi connectivity index (χ0) is 16.1. The van der Waals surface area contributed by atoms with E-state index < -0.39 is 0 Å². The Morgan fingerprint density at radius 2 is 1.64 bits per heavy atom. The number of amides is 2. The lowest BCUT2D eigenvalue weighted by Crippen LogP contribution is -2.34. The number of benzene rings is 1. The molecule has 1 aromatic heterocycles. The summed E-state index contributed by atoms with van der Waals surface area (Å²) in [6.45, 7) is 3.59. The number of hydrogen-bond acceptors (Lipinski definition) is 4. The van der Waals surface area contributed by atoms with E-state index in [-0.39, 0.29) is 23.8 Å². The highest BCUT2D eigenvalue weighted by molar-refractivity contribution is 7.12. The summed E-state index contributed by atoms with van der Waals surface area (Å²) in [5.41, 5.74) is 7.06. The summed E-state index contributed by atoms with van der Waals surface area (Å²) in [5, 5.41) is 7.46. The van der Waals surface area contributed by atoms with E-state index in [0.717, 1.165) is 0 Å². The molecule has 116 valence electrons. The van der Waals surface area contributed by atoms with Gasteiger partial charge in [-0.3, -0.25) is 9.59 Å². The number of carbonyl (C=O) groups excluding carboxylic acids is 2. The molecule has 0 aliphatic heterocycles. The third kappa shape index (κ3) is 4.16. The summed E-state index contributed by atoms with van der Waals surface area (Å²) in [6, 6.07) is 10.4. The van der Waals surface area contributed by atoms with Crippen LogP contribution < -0.4 is 16.4 Å². The van der Waals surface area contributed by atoms with Crippen LogP contribution in [0.2, 0.25) is 0 Å². The number of thiophene rings is 1. The van der Waals surface area contributed by atoms with Gasteiger partial charge >= 0.3 is 0 Å². The number of nitrogens with two attached hydrogens (primary N) is 1. The molecule has 5 nitrogen and oxygen atoms in total. The molecular weight excluding hydrogens is 298 g/mol. The van der Waals surface area contributed by atoms with Crippen LogP contribution >= 0.6 is 11.3 Å². The van der Waals surface area contributed by atoms with Crippen LogP contribution in [0.15, 0.2) is 41.8 Å². The van der Waals surface area contributed by atoms with Crippen LogP contribution in [0.4, 0.5) is 11.4 Å². The summed E-state index contributed by atoms with van der Waals surface area (Å²) >= 11 is 1.39. The van der Waals surface area contributed by atoms with Gasteiger partial charge in [-0.1, -0.05) is 13.0 Å². The summed E-state index contributed by atoms with van der Waals surface area (Å²) in [7, 11) is 0. The second-order valence-corrected chi connectivity index (χ2v) is 6.09. The van der Waals surface area contributed by atoms with Crippen molar-refractivity contribution in [3.05, 3.63) is 46.7 Å². The van der Waals surface area contributed by atoms with Crippen molar-refractivity contribution in [2.45, 2.75) is 19.9 Å². The quantitative estimate of drug-likeness (QED) is 0.792. The van der Waals surface area contributed by atoms with E-state index in [2.05, 4.69) is 10.6 Å². The summed E-state index contributed by atoms with van der Waals surface area (Å²) in [4.78, 5) is 24.5. The first-order valence-electron chi connectivity index (χ1n) is 6.98. The fraction of sp³-hybridized carbons (Fsp3) is 0.250. The van der Waals surface area contributed by atoms with Crippen LogP contribution in [-0.4, -0.2) is 17.9 Å². The number of anilines is 2. The molecule has 0 saturated heterocycles. The average Bonchev–Trinajstić information content (AvgIpc) is 3.02. The molecule has 2 aromatic rings. The average molecular weight is 317 g/mol. The van der Waals surface area contributed by atoms with Gasteiger partial charge < -0.3 is 16.4 Å². The van der Waals surface area contributed by atoms with E-state index >= 15 is 0 Å². The number of rotatable bonds is 5. The first-order valence-corrected chi connectivity index (χ1v) is 7.86. The Kier molecular flexibility index (Phi) is 5.30. The highest BCUT2D eigenvalue weighted by Gasteiger charge is 2.16. The van der Waals surface area contributed by atoms with Crippen molar-refractivity contribution < 1.29 is 9.59 Å². The Bertz CT molecular complexity index is 636. The summed E-state index contributed by atoms with van der Waals surface area (Å²) in [5.74, 6) is -0.527. The number of nitrogens with one attached hydrogen (secondary N) is 2. The SMILES string of the molecule is CC(N)C(C)C(=O)Nc1ccc(NC(=O)c2cccs2)cc1. The fourth-order valence-electron chi connectivity index (χ4n) is 1.73. The standard InChI is InChI=1S/C16H19N3O2S/c1-10(11(2)17)15(20)18-12-5-7-13(8-6-12)19-16(21)14-4-3-9-22-14/h3-11H,17H2,1-2H3,(H,18,20)(H,19,21). The third-order valence-corrected chi connectivity index (χ3v) is 4.23. The molecule has 2 rings (SSSR count). The maximum Gasteiger partial charge on any atom is 0.265 e. The Labute approximate surface area is 133 Å². The Balaban J connectivity index is 1.96. The van der Waals surface area contributed by atoms with Gasteiger partial charge in [-0.2, -0.15) is 0 Å². The van der Waals surface area contributed by atoms with Crippen molar-refractivity contribution in [2.24, 2.45) is 11.7 Å². The van der Waals surface area contributed by atoms with Crippen LogP contribution in [0.5, 0.6) is 0 Å². The minimum atomic E-state index is -0.266. The molecule has 0 aliphatic rings. The predicted octanol–water partition coefficient (Wildman–Crippen LogP) is 2.92. The maximum atomic E-state index is 11.9. The molecular formula is C16H19N3O2S. The van der Waals surface area contributed by atoms with E-state index in [1.54, 1.807) is 44.2 Å². The van der Waals surface area contributed by atoms with Crippen LogP contribution in [0.25, 0.3) is 0 Å². The molecule has 1 heterocycles. The second-order valence-electron chi connectivity index (χ2n) is 5.15. The minimum Gasteiger partial charge on any atom is -0.327 e. The highest BCUT2D eigenvalue weighted by Crippen LogP contribution is 2.17. The topological polar surface area (TPSA) is 84.2 Å². The molecule has 0 radical (unpaired) electrons.